The molecule has 1 aromatic heterocycles. The normalized spacial score (nSPS) is 22.5. The Morgan fingerprint density at radius 1 is 0.889 bits per heavy atom. The zero-order chi connectivity index (χ0) is 46.0. The molecular weight excluding hydrogens is 817 g/mol. The molecule has 1 saturated heterocycles. The van der Waals surface area contributed by atoms with Crippen molar-refractivity contribution in [3.63, 3.8) is 0 Å². The van der Waals surface area contributed by atoms with Crippen LogP contribution >= 0.6 is 0 Å². The lowest BCUT2D eigenvalue weighted by Crippen LogP contribution is -2.63. The van der Waals surface area contributed by atoms with Crippen molar-refractivity contribution in [2.24, 2.45) is 34.8 Å². The number of rotatable bonds is 17. The number of fused-ring (bicyclic) bond motifs is 1. The fourth-order valence-corrected chi connectivity index (χ4v) is 9.92. The average molecular weight is 881 g/mol. The number of hydrogen-bond acceptors (Lipinski definition) is 11. The second kappa shape index (κ2) is 21.6. The molecule has 0 unspecified atom stereocenters. The first-order valence-electron chi connectivity index (χ1n) is 22.3. The Balaban J connectivity index is 1.39. The van der Waals surface area contributed by atoms with Gasteiger partial charge in [0.2, 0.25) is 29.5 Å². The highest BCUT2D eigenvalue weighted by Crippen LogP contribution is 2.43. The average Bonchev–Trinajstić information content (AvgIpc) is 3.86. The highest BCUT2D eigenvalue weighted by Gasteiger charge is 2.52. The number of carbonyl (C=O) groups is 7. The van der Waals surface area contributed by atoms with E-state index < -0.39 is 93.2 Å². The number of likely N-dealkylation sites (tertiary alicyclic amines) is 1. The molecule has 7 atom stereocenters. The summed E-state index contributed by atoms with van der Waals surface area (Å²) in [6.45, 7) is 5.50. The molecule has 0 spiro atoms. The minimum atomic E-state index is -1.34. The number of nitrogens with one attached hydrogen (secondary N) is 5. The van der Waals surface area contributed by atoms with Crippen molar-refractivity contribution in [1.29, 1.82) is 0 Å². The summed E-state index contributed by atoms with van der Waals surface area (Å²) in [7, 11) is 1.20. The van der Waals surface area contributed by atoms with Gasteiger partial charge in [0, 0.05) is 24.9 Å². The number of nitrogens with zero attached hydrogens (tertiary/aromatic N) is 2. The minimum Gasteiger partial charge on any atom is -0.466 e. The summed E-state index contributed by atoms with van der Waals surface area (Å²) in [6.07, 6.45) is 14.5. The van der Waals surface area contributed by atoms with E-state index in [0.717, 1.165) is 82.5 Å². The van der Waals surface area contributed by atoms with E-state index in [-0.39, 0.29) is 48.6 Å². The monoisotopic (exact) mass is 880 g/mol. The number of ether oxygens (including phenoxy) is 1. The number of aromatic nitrogens is 1. The van der Waals surface area contributed by atoms with Crippen LogP contribution in [-0.2, 0) is 33.5 Å². The predicted octanol–water partition coefficient (Wildman–Crippen LogP) is 2.66. The third kappa shape index (κ3) is 12.3. The van der Waals surface area contributed by atoms with E-state index in [9.17, 15) is 48.5 Å². The number of H-pyrrole nitrogens is 1. The lowest BCUT2D eigenvalue weighted by molar-refractivity contribution is -0.386. The van der Waals surface area contributed by atoms with Gasteiger partial charge in [0.1, 0.15) is 30.2 Å². The van der Waals surface area contributed by atoms with Crippen molar-refractivity contribution >= 4 is 47.1 Å². The van der Waals surface area contributed by atoms with Crippen molar-refractivity contribution in [3.05, 3.63) is 50.4 Å². The summed E-state index contributed by atoms with van der Waals surface area (Å²) in [5, 5.41) is 22.8. The van der Waals surface area contributed by atoms with Gasteiger partial charge in [-0.25, -0.2) is 4.79 Å². The van der Waals surface area contributed by atoms with Gasteiger partial charge in [0.25, 0.3) is 5.91 Å². The number of carbonyl (C=O) groups excluding carboxylic acids is 7. The molecule has 0 aromatic carbocycles. The number of pyridine rings is 1. The maximum Gasteiger partial charge on any atom is 0.334 e. The number of primary amides is 1. The summed E-state index contributed by atoms with van der Waals surface area (Å²) in [5.41, 5.74) is 2.71. The molecule has 6 amide bonds. The number of hydrogen-bond donors (Lipinski definition) is 6. The largest absolute Gasteiger partial charge is 0.466 e. The zero-order valence-corrected chi connectivity index (χ0v) is 36.8. The number of nitro groups is 1. The molecule has 2 heterocycles. The van der Waals surface area contributed by atoms with Gasteiger partial charge < -0.3 is 41.6 Å². The first-order chi connectivity index (χ1) is 29.9. The molecule has 0 radical (unpaired) electrons. The molecule has 346 valence electrons. The molecule has 4 fully saturated rings. The molecule has 7 N–H and O–H groups in total. The van der Waals surface area contributed by atoms with Crippen molar-refractivity contribution < 1.29 is 43.2 Å². The Morgan fingerprint density at radius 3 is 2.11 bits per heavy atom. The van der Waals surface area contributed by atoms with E-state index in [4.69, 9.17) is 5.73 Å². The third-order valence-electron chi connectivity index (χ3n) is 13.3. The van der Waals surface area contributed by atoms with Gasteiger partial charge in [-0.2, -0.15) is 0 Å². The summed E-state index contributed by atoms with van der Waals surface area (Å²) < 4.78 is 4.63. The number of allylic oxidation sites excluding steroid dienone is 1. The lowest BCUT2D eigenvalue weighted by atomic mass is 9.81. The maximum atomic E-state index is 14.9. The van der Waals surface area contributed by atoms with E-state index in [1.165, 1.54) is 18.1 Å². The van der Waals surface area contributed by atoms with Crippen LogP contribution in [-0.4, -0.2) is 100 Å². The first-order valence-corrected chi connectivity index (χ1v) is 22.3. The quantitative estimate of drug-likeness (QED) is 0.0573. The molecule has 1 aromatic rings. The molecule has 19 heteroatoms. The van der Waals surface area contributed by atoms with Crippen LogP contribution < -0.4 is 32.6 Å². The molecule has 3 aliphatic carbocycles. The topological polar surface area (TPSA) is 282 Å². The van der Waals surface area contributed by atoms with Crippen LogP contribution in [0.3, 0.4) is 0 Å². The van der Waals surface area contributed by atoms with Crippen LogP contribution in [0.4, 0.5) is 5.69 Å². The van der Waals surface area contributed by atoms with E-state index in [1.54, 1.807) is 20.8 Å². The fraction of sp³-hybridized carbons (Fsp3) is 0.682. The Hall–Kier alpha value is -5.62. The van der Waals surface area contributed by atoms with Crippen LogP contribution in [0.1, 0.15) is 127 Å². The molecule has 3 saturated carbocycles. The summed E-state index contributed by atoms with van der Waals surface area (Å²) in [6, 6.07) is -4.55. The number of methoxy groups -OCH3 is 1. The van der Waals surface area contributed by atoms with Crippen LogP contribution in [0, 0.1) is 39.2 Å². The van der Waals surface area contributed by atoms with E-state index in [0.29, 0.717) is 19.3 Å². The zero-order valence-electron chi connectivity index (χ0n) is 36.8. The molecule has 63 heavy (non-hydrogen) atoms. The highest BCUT2D eigenvalue weighted by atomic mass is 16.6. The summed E-state index contributed by atoms with van der Waals surface area (Å²) >= 11 is 0. The van der Waals surface area contributed by atoms with Gasteiger partial charge in [0.05, 0.1) is 17.6 Å². The minimum absolute atomic E-state index is 0.00326. The van der Waals surface area contributed by atoms with Crippen LogP contribution in [0.15, 0.2) is 29.2 Å². The fourth-order valence-electron chi connectivity index (χ4n) is 9.92. The maximum absolute atomic E-state index is 14.9. The molecule has 0 bridgehead atoms. The Kier molecular flexibility index (Phi) is 16.6. The standard InChI is InChI=1S/C44H64N8O11/c1-44(2,3)36(50-39(56)30(20-11-12-21-32(53)63-4)47-38(55)28-22-31(52(61)62)40(57)46-23-28)43(60)51-24-27-18-13-19-29(27)35(51)42(59)49-34(26-16-9-6-10-17-26)41(58)48-33(37(45)54)25-14-7-5-8-15-25/h12,21-23,25-27,29-30,33-36H,5-11,13-20,24H2,1-4H3,(H2,45,54)(H,46,57)(H,47,55)(H,48,58)(H,49,59)(H,50,56)/b21-12+/t27-,29-,30-,33-,34-,35-,36+/m0/s1. The van der Waals surface area contributed by atoms with Crippen molar-refractivity contribution in [2.45, 2.75) is 147 Å². The predicted molar refractivity (Wildman–Crippen MR) is 229 cm³/mol. The van der Waals surface area contributed by atoms with Gasteiger partial charge in [-0.3, -0.25) is 43.7 Å². The number of nitrogens with two attached hydrogens (primary N) is 1. The van der Waals surface area contributed by atoms with Crippen molar-refractivity contribution in [1.82, 2.24) is 31.2 Å². The second-order valence-electron chi connectivity index (χ2n) is 18.7. The number of amides is 6. The van der Waals surface area contributed by atoms with Crippen LogP contribution in [0.5, 0.6) is 0 Å². The first kappa shape index (κ1) is 48.4. The SMILES string of the molecule is COC(=O)/C=C/CC[C@H](NC(=O)c1c[nH]c(=O)c([N+](=O)[O-])c1)C(=O)N[C@H](C(=O)N1C[C@@H]2CCC[C@@H]2[C@H]1C(=O)N[C@H](C(=O)N[C@H](C(N)=O)C1CCCCC1)C1CCCCC1)C(C)(C)C. The van der Waals surface area contributed by atoms with Gasteiger partial charge in [-0.1, -0.05) is 71.8 Å². The summed E-state index contributed by atoms with van der Waals surface area (Å²) in [5.74, 6) is -4.90. The molecule has 19 nitrogen and oxygen atoms in total. The van der Waals surface area contributed by atoms with E-state index in [1.807, 2.05) is 0 Å². The highest BCUT2D eigenvalue weighted by molar-refractivity contribution is 5.99. The Labute approximate surface area is 367 Å². The molecule has 4 aliphatic rings. The van der Waals surface area contributed by atoms with Crippen molar-refractivity contribution in [3.8, 4) is 0 Å². The van der Waals surface area contributed by atoms with E-state index in [2.05, 4.69) is 31.0 Å². The van der Waals surface area contributed by atoms with Crippen LogP contribution in [0.2, 0.25) is 0 Å². The van der Waals surface area contributed by atoms with Gasteiger partial charge >= 0.3 is 17.2 Å². The van der Waals surface area contributed by atoms with Crippen molar-refractivity contribution in [2.75, 3.05) is 13.7 Å². The van der Waals surface area contributed by atoms with Gasteiger partial charge in [0.15, 0.2) is 0 Å². The Bertz CT molecular complexity index is 1970. The van der Waals surface area contributed by atoms with Crippen LogP contribution in [0.25, 0.3) is 0 Å². The molecule has 1 aliphatic heterocycles. The number of aromatic amines is 1. The molecule has 5 rings (SSSR count). The second-order valence-corrected chi connectivity index (χ2v) is 18.7. The third-order valence-corrected chi connectivity index (χ3v) is 13.3. The lowest BCUT2D eigenvalue weighted by Gasteiger charge is -2.38. The van der Waals surface area contributed by atoms with E-state index >= 15 is 0 Å². The number of esters is 1. The molecular formula is C44H64N8O11. The Morgan fingerprint density at radius 2 is 1.52 bits per heavy atom. The van der Waals surface area contributed by atoms with Gasteiger partial charge in [-0.15, -0.1) is 0 Å². The summed E-state index contributed by atoms with van der Waals surface area (Å²) in [4.78, 5) is 122. The van der Waals surface area contributed by atoms with Gasteiger partial charge in [-0.05, 0) is 80.5 Å². The smallest absolute Gasteiger partial charge is 0.334 e.